The predicted molar refractivity (Wildman–Crippen MR) is 50.6 cm³/mol. The van der Waals surface area contributed by atoms with E-state index < -0.39 is 35.5 Å². The van der Waals surface area contributed by atoms with Crippen LogP contribution in [0.1, 0.15) is 5.56 Å². The quantitative estimate of drug-likeness (QED) is 0.544. The van der Waals surface area contributed by atoms with Gasteiger partial charge in [0.2, 0.25) is 0 Å². The van der Waals surface area contributed by atoms with E-state index in [0.717, 1.165) is 0 Å². The second-order valence-electron chi connectivity index (χ2n) is 3.52. The molecule has 0 atom stereocenters. The minimum absolute atomic E-state index is 0.145. The van der Waals surface area contributed by atoms with Crippen molar-refractivity contribution in [3.05, 3.63) is 29.8 Å². The highest BCUT2D eigenvalue weighted by molar-refractivity contribution is 5.85. The van der Waals surface area contributed by atoms with Crippen LogP contribution in [0.4, 0.5) is 45.2 Å². The average molecular weight is 309 g/mol. The van der Waals surface area contributed by atoms with Gasteiger partial charge >= 0.3 is 18.3 Å². The third kappa shape index (κ3) is 3.42. The molecule has 0 amide bonds. The molecule has 1 nitrogen and oxygen atoms in total. The van der Waals surface area contributed by atoms with E-state index in [2.05, 4.69) is 4.99 Å². The van der Waals surface area contributed by atoms with E-state index in [1.807, 2.05) is 0 Å². The van der Waals surface area contributed by atoms with E-state index in [4.69, 9.17) is 0 Å². The summed E-state index contributed by atoms with van der Waals surface area (Å²) in [5, 5.41) is 0. The molecule has 20 heavy (non-hydrogen) atoms. The van der Waals surface area contributed by atoms with Gasteiger partial charge in [0, 0.05) is 0 Å². The second kappa shape index (κ2) is 4.98. The van der Waals surface area contributed by atoms with E-state index >= 15 is 0 Å². The maximum Gasteiger partial charge on any atom is 0.462 e. The number of rotatable bonds is 2. The van der Waals surface area contributed by atoms with E-state index in [-0.39, 0.29) is 6.07 Å². The number of halogens is 9. The van der Waals surface area contributed by atoms with Gasteiger partial charge in [0.05, 0.1) is 11.3 Å². The van der Waals surface area contributed by atoms with Crippen LogP contribution >= 0.6 is 0 Å². The van der Waals surface area contributed by atoms with Crippen LogP contribution in [0.25, 0.3) is 0 Å². The summed E-state index contributed by atoms with van der Waals surface area (Å²) in [6.45, 7) is 0. The number of aliphatic imine (C=N–C) groups is 1. The van der Waals surface area contributed by atoms with Crippen LogP contribution in [0.2, 0.25) is 0 Å². The fraction of sp³-hybridized carbons (Fsp3) is 0.300. The predicted octanol–water partition coefficient (Wildman–Crippen LogP) is 4.90. The molecule has 0 saturated heterocycles. The van der Waals surface area contributed by atoms with Gasteiger partial charge in [0.25, 0.3) is 5.97 Å². The van der Waals surface area contributed by atoms with Gasteiger partial charge in [0.15, 0.2) is 0 Å². The molecule has 0 aliphatic rings. The zero-order valence-corrected chi connectivity index (χ0v) is 9.16. The van der Waals surface area contributed by atoms with Crippen molar-refractivity contribution in [2.45, 2.75) is 18.3 Å². The van der Waals surface area contributed by atoms with E-state index in [1.165, 1.54) is 0 Å². The van der Waals surface area contributed by atoms with Crippen molar-refractivity contribution in [3.8, 4) is 0 Å². The third-order valence-corrected chi connectivity index (χ3v) is 2.02. The summed E-state index contributed by atoms with van der Waals surface area (Å²) >= 11 is 0. The zero-order chi connectivity index (χ0) is 15.8. The summed E-state index contributed by atoms with van der Waals surface area (Å²) in [6.07, 6.45) is -11.1. The minimum Gasteiger partial charge on any atom is -0.218 e. The second-order valence-corrected chi connectivity index (χ2v) is 3.52. The van der Waals surface area contributed by atoms with Crippen molar-refractivity contribution < 1.29 is 39.5 Å². The van der Waals surface area contributed by atoms with Gasteiger partial charge in [-0.15, -0.1) is 0 Å². The van der Waals surface area contributed by atoms with Crippen molar-refractivity contribution in [3.63, 3.8) is 0 Å². The highest BCUT2D eigenvalue weighted by Gasteiger charge is 2.62. The summed E-state index contributed by atoms with van der Waals surface area (Å²) in [7, 11) is 0. The molecule has 0 fully saturated rings. The minimum atomic E-state index is -6.23. The van der Waals surface area contributed by atoms with E-state index in [9.17, 15) is 39.5 Å². The molecule has 0 aliphatic heterocycles. The molecular formula is C10H4F9N. The Bertz CT molecular complexity index is 512. The van der Waals surface area contributed by atoms with Gasteiger partial charge in [-0.25, -0.2) is 4.99 Å². The highest BCUT2D eigenvalue weighted by Crippen LogP contribution is 2.38. The van der Waals surface area contributed by atoms with Gasteiger partial charge in [-0.05, 0) is 18.2 Å². The van der Waals surface area contributed by atoms with E-state index in [0.29, 0.717) is 18.2 Å². The Morgan fingerprint density at radius 3 is 1.90 bits per heavy atom. The number of benzene rings is 1. The molecule has 0 unspecified atom stereocenters. The molecule has 10 heteroatoms. The maximum atomic E-state index is 12.8. The maximum absolute atomic E-state index is 12.8. The molecule has 0 aliphatic carbocycles. The van der Waals surface area contributed by atoms with Gasteiger partial charge in [-0.2, -0.15) is 39.5 Å². The Morgan fingerprint density at radius 2 is 1.45 bits per heavy atom. The number of alkyl halides is 8. The molecule has 1 aromatic carbocycles. The van der Waals surface area contributed by atoms with Gasteiger partial charge < -0.3 is 0 Å². The van der Waals surface area contributed by atoms with Crippen molar-refractivity contribution >= 4 is 11.7 Å². The first-order valence-electron chi connectivity index (χ1n) is 4.72. The molecular weight excluding hydrogens is 305 g/mol. The molecule has 1 rings (SSSR count). The van der Waals surface area contributed by atoms with Crippen molar-refractivity contribution in [2.75, 3.05) is 0 Å². The largest absolute Gasteiger partial charge is 0.462 e. The lowest BCUT2D eigenvalue weighted by atomic mass is 10.2. The third-order valence-electron chi connectivity index (χ3n) is 2.02. The molecule has 0 radical (unpaired) electrons. The monoisotopic (exact) mass is 309 g/mol. The fourth-order valence-corrected chi connectivity index (χ4v) is 1.05. The van der Waals surface area contributed by atoms with Crippen LogP contribution < -0.4 is 0 Å². The van der Waals surface area contributed by atoms with Gasteiger partial charge in [0.1, 0.15) is 0 Å². The Morgan fingerprint density at radius 1 is 0.900 bits per heavy atom. The zero-order valence-electron chi connectivity index (χ0n) is 9.16. The summed E-state index contributed by atoms with van der Waals surface area (Å²) in [6, 6.07) is 2.02. The summed E-state index contributed by atoms with van der Waals surface area (Å²) in [4.78, 5) is 2.25. The standard InChI is InChI=1S/C10H4F9N/c11-7(8(12,13)10(17,18)19)20-6-3-1-2-5(4-6)9(14,15)16/h1-4H. The molecule has 0 aromatic heterocycles. The van der Waals surface area contributed by atoms with Crippen molar-refractivity contribution in [2.24, 2.45) is 4.99 Å². The normalized spacial score (nSPS) is 14.6. The lowest BCUT2D eigenvalue weighted by molar-refractivity contribution is -0.252. The van der Waals surface area contributed by atoms with Crippen molar-refractivity contribution in [1.29, 1.82) is 0 Å². The Kier molecular flexibility index (Phi) is 4.07. The summed E-state index contributed by atoms with van der Waals surface area (Å²) in [5.74, 6) is -9.01. The molecule has 0 N–H and O–H groups in total. The fourth-order valence-electron chi connectivity index (χ4n) is 1.05. The van der Waals surface area contributed by atoms with Crippen LogP contribution in [0, 0.1) is 0 Å². The Hall–Kier alpha value is -1.74. The molecule has 0 heterocycles. The lowest BCUT2D eigenvalue weighted by Gasteiger charge is -2.16. The van der Waals surface area contributed by atoms with Gasteiger partial charge in [-0.3, -0.25) is 0 Å². The number of hydrogen-bond acceptors (Lipinski definition) is 1. The molecule has 0 saturated carbocycles. The van der Waals surface area contributed by atoms with Crippen LogP contribution in [0.5, 0.6) is 0 Å². The average Bonchev–Trinajstić information content (AvgIpc) is 2.26. The van der Waals surface area contributed by atoms with Crippen LogP contribution in [-0.4, -0.2) is 18.1 Å². The summed E-state index contributed by atoms with van der Waals surface area (Å²) < 4.78 is 110. The Labute approximate surface area is 105 Å². The van der Waals surface area contributed by atoms with E-state index in [1.54, 1.807) is 0 Å². The first kappa shape index (κ1) is 16.3. The number of hydrogen-bond donors (Lipinski definition) is 0. The van der Waals surface area contributed by atoms with Crippen molar-refractivity contribution in [1.82, 2.24) is 0 Å². The van der Waals surface area contributed by atoms with Crippen LogP contribution in [-0.2, 0) is 6.18 Å². The van der Waals surface area contributed by atoms with Crippen LogP contribution in [0.15, 0.2) is 29.3 Å². The number of nitrogens with zero attached hydrogens (tertiary/aromatic N) is 1. The molecule has 1 aromatic rings. The molecule has 0 bridgehead atoms. The molecule has 112 valence electrons. The first-order valence-corrected chi connectivity index (χ1v) is 4.72. The summed E-state index contributed by atoms with van der Waals surface area (Å²) in [5.41, 5.74) is -2.37. The topological polar surface area (TPSA) is 12.4 Å². The Balaban J connectivity index is 3.18. The van der Waals surface area contributed by atoms with Crippen LogP contribution in [0.3, 0.4) is 0 Å². The highest BCUT2D eigenvalue weighted by atomic mass is 19.4. The molecule has 0 spiro atoms. The SMILES string of the molecule is FC(=Nc1cccc(C(F)(F)F)c1)C(F)(F)C(F)(F)F. The van der Waals surface area contributed by atoms with Gasteiger partial charge in [-0.1, -0.05) is 6.07 Å². The first-order chi connectivity index (χ1) is 8.85. The smallest absolute Gasteiger partial charge is 0.218 e. The lowest BCUT2D eigenvalue weighted by Crippen LogP contribution is -2.42.